The maximum absolute atomic E-state index is 11.7. The summed E-state index contributed by atoms with van der Waals surface area (Å²) >= 11 is 0. The molecule has 0 aromatic heterocycles. The minimum Gasteiger partial charge on any atom is -0.329 e. The second-order valence-electron chi connectivity index (χ2n) is 3.71. The lowest BCUT2D eigenvalue weighted by Gasteiger charge is -2.12. The summed E-state index contributed by atoms with van der Waals surface area (Å²) in [7, 11) is 0. The van der Waals surface area contributed by atoms with Crippen LogP contribution in [0.15, 0.2) is 11.1 Å². The SMILES string of the molecule is NCCN1C(=O)C2=C(CCCC2)C1=O. The zero-order chi connectivity index (χ0) is 10.1. The van der Waals surface area contributed by atoms with Crippen LogP contribution in [0.2, 0.25) is 0 Å². The predicted octanol–water partition coefficient (Wildman–Crippen LogP) is 0.184. The van der Waals surface area contributed by atoms with E-state index in [0.29, 0.717) is 13.1 Å². The van der Waals surface area contributed by atoms with Gasteiger partial charge in [0.2, 0.25) is 0 Å². The van der Waals surface area contributed by atoms with E-state index in [2.05, 4.69) is 0 Å². The highest BCUT2D eigenvalue weighted by Crippen LogP contribution is 2.32. The Morgan fingerprint density at radius 2 is 1.57 bits per heavy atom. The molecule has 0 radical (unpaired) electrons. The maximum Gasteiger partial charge on any atom is 0.257 e. The molecule has 0 saturated carbocycles. The average molecular weight is 194 g/mol. The lowest BCUT2D eigenvalue weighted by molar-refractivity contribution is -0.137. The monoisotopic (exact) mass is 194 g/mol. The van der Waals surface area contributed by atoms with Crippen molar-refractivity contribution < 1.29 is 9.59 Å². The average Bonchev–Trinajstić information content (AvgIpc) is 2.45. The highest BCUT2D eigenvalue weighted by atomic mass is 16.2. The molecule has 0 spiro atoms. The molecule has 14 heavy (non-hydrogen) atoms. The summed E-state index contributed by atoms with van der Waals surface area (Å²) in [5.74, 6) is -0.203. The first-order valence-corrected chi connectivity index (χ1v) is 5.04. The van der Waals surface area contributed by atoms with Crippen molar-refractivity contribution in [2.24, 2.45) is 5.73 Å². The van der Waals surface area contributed by atoms with Crippen molar-refractivity contribution >= 4 is 11.8 Å². The number of amides is 2. The molecule has 0 saturated heterocycles. The first-order chi connectivity index (χ1) is 6.75. The summed E-state index contributed by atoms with van der Waals surface area (Å²) in [6.07, 6.45) is 3.57. The number of hydrogen-bond acceptors (Lipinski definition) is 3. The maximum atomic E-state index is 11.7. The lowest BCUT2D eigenvalue weighted by atomic mass is 9.93. The molecule has 4 heteroatoms. The van der Waals surface area contributed by atoms with Crippen LogP contribution in [0.25, 0.3) is 0 Å². The highest BCUT2D eigenvalue weighted by molar-refractivity contribution is 6.19. The molecule has 0 bridgehead atoms. The Bertz CT molecular complexity index is 292. The first-order valence-electron chi connectivity index (χ1n) is 5.04. The van der Waals surface area contributed by atoms with Crippen molar-refractivity contribution in [2.75, 3.05) is 13.1 Å². The number of carbonyl (C=O) groups is 2. The second-order valence-corrected chi connectivity index (χ2v) is 3.71. The van der Waals surface area contributed by atoms with E-state index in [0.717, 1.165) is 36.8 Å². The van der Waals surface area contributed by atoms with Gasteiger partial charge in [0.15, 0.2) is 0 Å². The molecule has 1 heterocycles. The molecule has 2 rings (SSSR count). The van der Waals surface area contributed by atoms with Crippen LogP contribution in [0.4, 0.5) is 0 Å². The fraction of sp³-hybridized carbons (Fsp3) is 0.600. The lowest BCUT2D eigenvalue weighted by Crippen LogP contribution is -2.35. The van der Waals surface area contributed by atoms with Gasteiger partial charge in [0.1, 0.15) is 0 Å². The minimum absolute atomic E-state index is 0.102. The van der Waals surface area contributed by atoms with Gasteiger partial charge < -0.3 is 5.73 Å². The molecule has 0 fully saturated rings. The number of nitrogens with zero attached hydrogens (tertiary/aromatic N) is 1. The van der Waals surface area contributed by atoms with Crippen LogP contribution in [0.3, 0.4) is 0 Å². The van der Waals surface area contributed by atoms with Gasteiger partial charge in [-0.25, -0.2) is 0 Å². The summed E-state index contributed by atoms with van der Waals surface area (Å²) < 4.78 is 0. The topological polar surface area (TPSA) is 63.4 Å². The predicted molar refractivity (Wildman–Crippen MR) is 51.3 cm³/mol. The molecule has 2 aliphatic rings. The Morgan fingerprint density at radius 1 is 1.07 bits per heavy atom. The molecule has 1 aliphatic heterocycles. The Labute approximate surface area is 82.7 Å². The van der Waals surface area contributed by atoms with Gasteiger partial charge in [-0.15, -0.1) is 0 Å². The van der Waals surface area contributed by atoms with Crippen LogP contribution in [0, 0.1) is 0 Å². The van der Waals surface area contributed by atoms with E-state index in [9.17, 15) is 9.59 Å². The molecule has 0 aromatic carbocycles. The summed E-state index contributed by atoms with van der Waals surface area (Å²) in [6.45, 7) is 0.697. The molecule has 76 valence electrons. The van der Waals surface area contributed by atoms with Gasteiger partial charge in [-0.05, 0) is 25.7 Å². The van der Waals surface area contributed by atoms with Crippen molar-refractivity contribution in [2.45, 2.75) is 25.7 Å². The van der Waals surface area contributed by atoms with Crippen molar-refractivity contribution in [3.63, 3.8) is 0 Å². The molecular weight excluding hydrogens is 180 g/mol. The fourth-order valence-electron chi connectivity index (χ4n) is 2.13. The van der Waals surface area contributed by atoms with Crippen molar-refractivity contribution in [3.8, 4) is 0 Å². The third kappa shape index (κ3) is 1.26. The van der Waals surface area contributed by atoms with E-state index in [-0.39, 0.29) is 11.8 Å². The van der Waals surface area contributed by atoms with E-state index in [1.54, 1.807) is 0 Å². The number of hydrogen-bond donors (Lipinski definition) is 1. The summed E-state index contributed by atoms with van der Waals surface area (Å²) in [5.41, 5.74) is 6.85. The molecular formula is C10H14N2O2. The van der Waals surface area contributed by atoms with Crippen LogP contribution in [-0.4, -0.2) is 29.8 Å². The van der Waals surface area contributed by atoms with Crippen molar-refractivity contribution in [1.82, 2.24) is 4.90 Å². The third-order valence-corrected chi connectivity index (χ3v) is 2.83. The van der Waals surface area contributed by atoms with Crippen LogP contribution in [-0.2, 0) is 9.59 Å². The van der Waals surface area contributed by atoms with Gasteiger partial charge in [-0.3, -0.25) is 14.5 Å². The number of nitrogens with two attached hydrogens (primary N) is 1. The van der Waals surface area contributed by atoms with Gasteiger partial charge in [-0.2, -0.15) is 0 Å². The quantitative estimate of drug-likeness (QED) is 0.638. The Kier molecular flexibility index (Phi) is 2.37. The van der Waals surface area contributed by atoms with Crippen LogP contribution in [0.1, 0.15) is 25.7 Å². The van der Waals surface area contributed by atoms with Gasteiger partial charge >= 0.3 is 0 Å². The Hall–Kier alpha value is -1.16. The molecule has 4 nitrogen and oxygen atoms in total. The molecule has 0 unspecified atom stereocenters. The molecule has 0 atom stereocenters. The van der Waals surface area contributed by atoms with Gasteiger partial charge in [-0.1, -0.05) is 0 Å². The van der Waals surface area contributed by atoms with E-state index < -0.39 is 0 Å². The van der Waals surface area contributed by atoms with E-state index >= 15 is 0 Å². The molecule has 1 aliphatic carbocycles. The largest absolute Gasteiger partial charge is 0.329 e. The second kappa shape index (κ2) is 3.53. The summed E-state index contributed by atoms with van der Waals surface area (Å²) in [6, 6.07) is 0. The standard InChI is InChI=1S/C10H14N2O2/c11-5-6-12-9(13)7-3-1-2-4-8(7)10(12)14/h1-6,11H2. The van der Waals surface area contributed by atoms with Crippen LogP contribution >= 0.6 is 0 Å². The van der Waals surface area contributed by atoms with E-state index in [1.165, 1.54) is 4.90 Å². The van der Waals surface area contributed by atoms with Gasteiger partial charge in [0.25, 0.3) is 11.8 Å². The Balaban J connectivity index is 2.25. The fourth-order valence-corrected chi connectivity index (χ4v) is 2.13. The van der Waals surface area contributed by atoms with Crippen LogP contribution in [0.5, 0.6) is 0 Å². The summed E-state index contributed by atoms with van der Waals surface area (Å²) in [4.78, 5) is 24.8. The normalized spacial score (nSPS) is 21.9. The molecule has 2 N–H and O–H groups in total. The van der Waals surface area contributed by atoms with E-state index in [1.807, 2.05) is 0 Å². The first kappa shape index (κ1) is 9.40. The minimum atomic E-state index is -0.102. The van der Waals surface area contributed by atoms with E-state index in [4.69, 9.17) is 5.73 Å². The molecule has 0 aromatic rings. The number of imide groups is 1. The number of rotatable bonds is 2. The van der Waals surface area contributed by atoms with Crippen LogP contribution < -0.4 is 5.73 Å². The third-order valence-electron chi connectivity index (χ3n) is 2.83. The summed E-state index contributed by atoms with van der Waals surface area (Å²) in [5, 5.41) is 0. The highest BCUT2D eigenvalue weighted by Gasteiger charge is 2.37. The zero-order valence-electron chi connectivity index (χ0n) is 8.08. The zero-order valence-corrected chi connectivity index (χ0v) is 8.08. The van der Waals surface area contributed by atoms with Crippen molar-refractivity contribution in [1.29, 1.82) is 0 Å². The number of carbonyl (C=O) groups excluding carboxylic acids is 2. The molecule has 2 amide bonds. The van der Waals surface area contributed by atoms with Gasteiger partial charge in [0, 0.05) is 24.2 Å². The van der Waals surface area contributed by atoms with Crippen molar-refractivity contribution in [3.05, 3.63) is 11.1 Å². The Morgan fingerprint density at radius 3 is 2.00 bits per heavy atom. The van der Waals surface area contributed by atoms with Gasteiger partial charge in [0.05, 0.1) is 0 Å². The smallest absolute Gasteiger partial charge is 0.257 e.